The van der Waals surface area contributed by atoms with Crippen molar-refractivity contribution < 1.29 is 14.3 Å². The quantitative estimate of drug-likeness (QED) is 0.570. The molecule has 0 aliphatic carbocycles. The Morgan fingerprint density at radius 2 is 2.18 bits per heavy atom. The van der Waals surface area contributed by atoms with Crippen molar-refractivity contribution in [1.29, 1.82) is 0 Å². The Kier molecular flexibility index (Phi) is 5.48. The Hall–Kier alpha value is -1.56. The molecule has 0 bridgehead atoms. The molecule has 0 atom stereocenters. The van der Waals surface area contributed by atoms with Gasteiger partial charge in [-0.25, -0.2) is 4.79 Å². The van der Waals surface area contributed by atoms with E-state index in [0.29, 0.717) is 31.1 Å². The average Bonchev–Trinajstić information content (AvgIpc) is 2.70. The molecule has 1 aromatic rings. The third-order valence-electron chi connectivity index (χ3n) is 2.17. The second kappa shape index (κ2) is 6.90. The van der Waals surface area contributed by atoms with Gasteiger partial charge in [-0.2, -0.15) is 5.10 Å². The summed E-state index contributed by atoms with van der Waals surface area (Å²) in [7, 11) is 0. The lowest BCUT2D eigenvalue weighted by molar-refractivity contribution is 0.0308. The van der Waals surface area contributed by atoms with Gasteiger partial charge < -0.3 is 15.2 Å². The molecule has 17 heavy (non-hydrogen) atoms. The first-order chi connectivity index (χ1) is 8.20. The maximum atomic E-state index is 11.7. The van der Waals surface area contributed by atoms with E-state index in [1.165, 1.54) is 10.9 Å². The van der Waals surface area contributed by atoms with Gasteiger partial charge in [0.25, 0.3) is 0 Å². The van der Waals surface area contributed by atoms with Crippen molar-refractivity contribution in [1.82, 2.24) is 9.78 Å². The molecule has 0 radical (unpaired) electrons. The maximum Gasteiger partial charge on any atom is 0.358 e. The van der Waals surface area contributed by atoms with Crippen LogP contribution in [0.3, 0.4) is 0 Å². The van der Waals surface area contributed by atoms with Crippen molar-refractivity contribution >= 4 is 11.7 Å². The van der Waals surface area contributed by atoms with Crippen molar-refractivity contribution in [2.45, 2.75) is 26.8 Å². The summed E-state index contributed by atoms with van der Waals surface area (Å²) in [5.41, 5.74) is 6.30. The Bertz CT molecular complexity index is 363. The van der Waals surface area contributed by atoms with Crippen molar-refractivity contribution in [2.75, 3.05) is 25.6 Å². The van der Waals surface area contributed by atoms with Gasteiger partial charge in [-0.3, -0.25) is 4.68 Å². The third kappa shape index (κ3) is 3.74. The maximum absolute atomic E-state index is 11.7. The smallest absolute Gasteiger partial charge is 0.358 e. The summed E-state index contributed by atoms with van der Waals surface area (Å²) >= 11 is 0. The molecule has 1 rings (SSSR count). The molecule has 0 aromatic carbocycles. The van der Waals surface area contributed by atoms with Crippen molar-refractivity contribution in [3.8, 4) is 0 Å². The number of nitrogens with two attached hydrogens (primary N) is 1. The first kappa shape index (κ1) is 13.5. The number of ether oxygens (including phenoxy) is 2. The van der Waals surface area contributed by atoms with E-state index in [9.17, 15) is 4.79 Å². The fourth-order valence-electron chi connectivity index (χ4n) is 1.37. The molecule has 0 saturated heterocycles. The molecule has 2 N–H and O–H groups in total. The lowest BCUT2D eigenvalue weighted by atomic mass is 10.4. The Morgan fingerprint density at radius 1 is 1.41 bits per heavy atom. The summed E-state index contributed by atoms with van der Waals surface area (Å²) in [4.78, 5) is 11.7. The molecule has 6 heteroatoms. The van der Waals surface area contributed by atoms with Crippen LogP contribution < -0.4 is 5.73 Å². The zero-order valence-electron chi connectivity index (χ0n) is 10.3. The Morgan fingerprint density at radius 3 is 2.82 bits per heavy atom. The number of nitrogen functional groups attached to an aromatic ring is 1. The molecule has 0 aliphatic heterocycles. The van der Waals surface area contributed by atoms with Gasteiger partial charge in [0, 0.05) is 13.2 Å². The van der Waals surface area contributed by atoms with E-state index in [1.807, 2.05) is 13.8 Å². The standard InChI is InChI=1S/C11H19N3O3/c1-3-5-16-6-7-17-11(15)10-9(12)8-13-14(10)4-2/h8H,3-7,12H2,1-2H3. The second-order valence-electron chi connectivity index (χ2n) is 3.51. The first-order valence-electron chi connectivity index (χ1n) is 5.76. The summed E-state index contributed by atoms with van der Waals surface area (Å²) in [6.45, 7) is 5.79. The zero-order chi connectivity index (χ0) is 12.7. The van der Waals surface area contributed by atoms with Crippen LogP contribution in [0.25, 0.3) is 0 Å². The van der Waals surface area contributed by atoms with E-state index >= 15 is 0 Å². The summed E-state index contributed by atoms with van der Waals surface area (Å²) in [5, 5.41) is 3.97. The second-order valence-corrected chi connectivity index (χ2v) is 3.51. The van der Waals surface area contributed by atoms with Crippen LogP contribution in [0.5, 0.6) is 0 Å². The number of rotatable bonds is 7. The summed E-state index contributed by atoms with van der Waals surface area (Å²) in [6.07, 6.45) is 2.40. The number of aromatic nitrogens is 2. The lowest BCUT2D eigenvalue weighted by Crippen LogP contribution is -2.16. The molecule has 0 aliphatic rings. The first-order valence-corrected chi connectivity index (χ1v) is 5.76. The van der Waals surface area contributed by atoms with Crippen LogP contribution in [0.2, 0.25) is 0 Å². The van der Waals surface area contributed by atoms with Crippen LogP contribution >= 0.6 is 0 Å². The van der Waals surface area contributed by atoms with Gasteiger partial charge >= 0.3 is 5.97 Å². The molecule has 0 spiro atoms. The Balaban J connectivity index is 2.44. The number of carbonyl (C=O) groups is 1. The number of aryl methyl sites for hydroxylation is 1. The molecule has 0 unspecified atom stereocenters. The molecule has 0 fully saturated rings. The molecule has 0 saturated carbocycles. The molecule has 0 amide bonds. The molecule has 1 heterocycles. The number of hydrogen-bond acceptors (Lipinski definition) is 5. The number of esters is 1. The van der Waals surface area contributed by atoms with Gasteiger partial charge in [0.15, 0.2) is 5.69 Å². The predicted octanol–water partition coefficient (Wildman–Crippen LogP) is 1.07. The topological polar surface area (TPSA) is 79.4 Å². The van der Waals surface area contributed by atoms with Gasteiger partial charge in [0.05, 0.1) is 18.5 Å². The summed E-state index contributed by atoms with van der Waals surface area (Å²) < 4.78 is 11.8. The van der Waals surface area contributed by atoms with Crippen LogP contribution in [0.15, 0.2) is 6.20 Å². The largest absolute Gasteiger partial charge is 0.458 e. The average molecular weight is 241 g/mol. The van der Waals surface area contributed by atoms with E-state index in [4.69, 9.17) is 15.2 Å². The highest BCUT2D eigenvalue weighted by molar-refractivity contribution is 5.93. The minimum Gasteiger partial charge on any atom is -0.458 e. The number of hydrogen-bond donors (Lipinski definition) is 1. The monoisotopic (exact) mass is 241 g/mol. The van der Waals surface area contributed by atoms with Gasteiger partial charge in [-0.15, -0.1) is 0 Å². The molecule has 96 valence electrons. The van der Waals surface area contributed by atoms with Gasteiger partial charge in [-0.05, 0) is 13.3 Å². The van der Waals surface area contributed by atoms with Crippen LogP contribution in [0, 0.1) is 0 Å². The molecular formula is C11H19N3O3. The van der Waals surface area contributed by atoms with Crippen molar-refractivity contribution in [3.05, 3.63) is 11.9 Å². The van der Waals surface area contributed by atoms with Crippen molar-refractivity contribution in [2.24, 2.45) is 0 Å². The van der Waals surface area contributed by atoms with Crippen molar-refractivity contribution in [3.63, 3.8) is 0 Å². The van der Waals surface area contributed by atoms with E-state index in [1.54, 1.807) is 0 Å². The van der Waals surface area contributed by atoms with E-state index in [2.05, 4.69) is 5.10 Å². The normalized spacial score (nSPS) is 10.5. The molecule has 6 nitrogen and oxygen atoms in total. The zero-order valence-corrected chi connectivity index (χ0v) is 10.3. The highest BCUT2D eigenvalue weighted by Gasteiger charge is 2.17. The lowest BCUT2D eigenvalue weighted by Gasteiger charge is -2.07. The minimum atomic E-state index is -0.457. The van der Waals surface area contributed by atoms with Gasteiger partial charge in [-0.1, -0.05) is 6.92 Å². The highest BCUT2D eigenvalue weighted by atomic mass is 16.6. The molecular weight excluding hydrogens is 222 g/mol. The van der Waals surface area contributed by atoms with Crippen LogP contribution in [-0.2, 0) is 16.0 Å². The third-order valence-corrected chi connectivity index (χ3v) is 2.17. The van der Waals surface area contributed by atoms with E-state index in [-0.39, 0.29) is 6.61 Å². The number of anilines is 1. The highest BCUT2D eigenvalue weighted by Crippen LogP contribution is 2.11. The SMILES string of the molecule is CCCOCCOC(=O)c1c(N)cnn1CC. The summed E-state index contributed by atoms with van der Waals surface area (Å²) in [5.74, 6) is -0.457. The van der Waals surface area contributed by atoms with Gasteiger partial charge in [0.2, 0.25) is 0 Å². The van der Waals surface area contributed by atoms with Crippen LogP contribution in [0.4, 0.5) is 5.69 Å². The fourth-order valence-corrected chi connectivity index (χ4v) is 1.37. The van der Waals surface area contributed by atoms with Gasteiger partial charge in [0.1, 0.15) is 6.61 Å². The number of carbonyl (C=O) groups excluding carboxylic acids is 1. The fraction of sp³-hybridized carbons (Fsp3) is 0.636. The Labute approximate surface area is 101 Å². The van der Waals surface area contributed by atoms with Crippen LogP contribution in [0.1, 0.15) is 30.8 Å². The van der Waals surface area contributed by atoms with Crippen LogP contribution in [-0.4, -0.2) is 35.6 Å². The molecule has 1 aromatic heterocycles. The predicted molar refractivity (Wildman–Crippen MR) is 63.7 cm³/mol. The van der Waals surface area contributed by atoms with E-state index < -0.39 is 5.97 Å². The number of nitrogens with zero attached hydrogens (tertiary/aromatic N) is 2. The van der Waals surface area contributed by atoms with E-state index in [0.717, 1.165) is 6.42 Å². The minimum absolute atomic E-state index is 0.229. The summed E-state index contributed by atoms with van der Waals surface area (Å²) in [6, 6.07) is 0.